The molecule has 2 aromatic heterocycles. The maximum Gasteiger partial charge on any atom is 0.335 e. The van der Waals surface area contributed by atoms with Gasteiger partial charge in [0.2, 0.25) is 0 Å². The Morgan fingerprint density at radius 1 is 0.737 bits per heavy atom. The van der Waals surface area contributed by atoms with E-state index in [-0.39, 0.29) is 5.56 Å². The van der Waals surface area contributed by atoms with Crippen LogP contribution < -0.4 is 10.7 Å². The summed E-state index contributed by atoms with van der Waals surface area (Å²) < 4.78 is 0. The lowest BCUT2D eigenvalue weighted by Crippen LogP contribution is -2.21. The number of rotatable bonds is 11. The van der Waals surface area contributed by atoms with Gasteiger partial charge in [-0.15, -0.1) is 0 Å². The Kier molecular flexibility index (Phi) is 11.5. The summed E-state index contributed by atoms with van der Waals surface area (Å²) in [5.74, 6) is -0.962. The van der Waals surface area contributed by atoms with Crippen LogP contribution in [0.4, 0.5) is 0 Å². The normalized spacial score (nSPS) is 18.0. The molecule has 1 aliphatic carbocycles. The van der Waals surface area contributed by atoms with Crippen molar-refractivity contribution in [1.29, 1.82) is 0 Å². The number of benzene rings is 2. The molecule has 6 nitrogen and oxygen atoms in total. The van der Waals surface area contributed by atoms with Crippen molar-refractivity contribution in [1.82, 2.24) is 9.97 Å². The number of hydrogen-bond acceptors (Lipinski definition) is 3. The lowest BCUT2D eigenvalue weighted by Gasteiger charge is -2.10. The topological polar surface area (TPSA) is 93.6 Å². The third-order valence-corrected chi connectivity index (χ3v) is 9.92. The molecule has 0 atom stereocenters. The predicted molar refractivity (Wildman–Crippen MR) is 237 cm³/mol. The first kappa shape index (κ1) is 38.2. The first-order chi connectivity index (χ1) is 27.7. The molecule has 0 spiro atoms. The number of carboxylic acids is 1. The van der Waals surface area contributed by atoms with Crippen molar-refractivity contribution in [2.75, 3.05) is 0 Å². The van der Waals surface area contributed by atoms with Gasteiger partial charge in [-0.1, -0.05) is 110 Å². The van der Waals surface area contributed by atoms with Gasteiger partial charge in [0.05, 0.1) is 28.4 Å². The van der Waals surface area contributed by atoms with Crippen LogP contribution >= 0.6 is 0 Å². The summed E-state index contributed by atoms with van der Waals surface area (Å²) in [5.41, 5.74) is 14.8. The van der Waals surface area contributed by atoms with Crippen molar-refractivity contribution in [2.45, 2.75) is 40.5 Å². The highest BCUT2D eigenvalue weighted by molar-refractivity contribution is 6.31. The predicted octanol–water partition coefficient (Wildman–Crippen LogP) is 10.3. The van der Waals surface area contributed by atoms with E-state index < -0.39 is 5.97 Å². The maximum atomic E-state index is 11.7. The number of H-pyrrole nitrogens is 2. The number of allylic oxidation sites excluding steroid dienone is 16. The molecule has 3 N–H and O–H groups in total. The molecule has 4 heterocycles. The molecule has 6 heteroatoms. The van der Waals surface area contributed by atoms with Gasteiger partial charge in [0.15, 0.2) is 0 Å². The van der Waals surface area contributed by atoms with Gasteiger partial charge in [-0.25, -0.2) is 14.8 Å². The summed E-state index contributed by atoms with van der Waals surface area (Å²) in [4.78, 5) is 29.4. The summed E-state index contributed by atoms with van der Waals surface area (Å²) in [5, 5.41) is 11.4. The zero-order valence-corrected chi connectivity index (χ0v) is 32.8. The highest BCUT2D eigenvalue weighted by Gasteiger charge is 2.21. The largest absolute Gasteiger partial charge is 0.478 e. The molecule has 7 rings (SSSR count). The molecular weight excluding hydrogens is 701 g/mol. The van der Waals surface area contributed by atoms with Crippen LogP contribution in [-0.4, -0.2) is 32.5 Å². The number of aliphatic imine (C=N–C) groups is 2. The third kappa shape index (κ3) is 8.77. The fourth-order valence-electron chi connectivity index (χ4n) is 7.03. The summed E-state index contributed by atoms with van der Waals surface area (Å²) >= 11 is 0. The monoisotopic (exact) mass is 746 g/mol. The molecule has 0 unspecified atom stereocenters. The number of nitrogens with one attached hydrogen (secondary N) is 2. The molecule has 0 fully saturated rings. The number of carbonyl (C=O) groups is 1. The lowest BCUT2D eigenvalue weighted by molar-refractivity contribution is 0.0697. The second-order valence-electron chi connectivity index (χ2n) is 14.2. The number of aromatic nitrogens is 2. The Balaban J connectivity index is 1.43. The molecule has 0 amide bonds. The average Bonchev–Trinajstić information content (AvgIpc) is 4.03. The SMILES string of the molecule is C=C/C=C(\C=C/CC)/C=C1\C=CC(C(/C2=CCC=C(C)C=C2)=c2/cc/c(=C(C3=N/C(=C(/c4ccc(C(=O)O)cc4)c4ccc(C)[nH]4)C=C3)\c3ccc(C)cc3)[nH]2)=N1. The van der Waals surface area contributed by atoms with E-state index in [2.05, 4.69) is 134 Å². The molecular formula is C51H46N4O2. The second kappa shape index (κ2) is 17.2. The first-order valence-corrected chi connectivity index (χ1v) is 19.3. The van der Waals surface area contributed by atoms with Crippen molar-refractivity contribution in [2.24, 2.45) is 9.98 Å². The number of aromatic carboxylic acids is 1. The van der Waals surface area contributed by atoms with Crippen molar-refractivity contribution < 1.29 is 9.90 Å². The average molecular weight is 747 g/mol. The van der Waals surface area contributed by atoms with Crippen molar-refractivity contribution in [3.63, 3.8) is 0 Å². The van der Waals surface area contributed by atoms with Crippen LogP contribution in [0.25, 0.3) is 16.7 Å². The number of aromatic amines is 2. The molecule has 57 heavy (non-hydrogen) atoms. The summed E-state index contributed by atoms with van der Waals surface area (Å²) in [7, 11) is 0. The fourth-order valence-corrected chi connectivity index (χ4v) is 7.03. The Morgan fingerprint density at radius 3 is 2.12 bits per heavy atom. The van der Waals surface area contributed by atoms with Gasteiger partial charge in [0.1, 0.15) is 0 Å². The quantitative estimate of drug-likeness (QED) is 0.133. The highest BCUT2D eigenvalue weighted by Crippen LogP contribution is 2.32. The maximum absolute atomic E-state index is 11.7. The standard InChI is InChI=1S/C51H46N4O2/c1-6-8-12-36(10-7-2)32-41-25-27-43(53-41)48(37-13-9-11-33(3)14-18-37)44-28-30-46(54-44)50(38-19-15-34(4)16-20-38)47-31-29-45(55-47)49(42-26-17-35(5)52-42)39-21-23-40(24-22-39)51(56)57/h7-8,10-32,52,54H,2,6,9H2,1,3-5H3,(H,56,57)/b12-8-,36-10+,41-32+,48-44-,49-45-,50-46-. The number of nitrogens with zero attached hydrogens (tertiary/aromatic N) is 2. The number of carboxylic acid groups (broad SMARTS) is 1. The van der Waals surface area contributed by atoms with Crippen LogP contribution in [0.5, 0.6) is 0 Å². The van der Waals surface area contributed by atoms with Gasteiger partial charge in [-0.05, 0) is 123 Å². The van der Waals surface area contributed by atoms with E-state index in [4.69, 9.17) is 9.98 Å². The van der Waals surface area contributed by atoms with Crippen molar-refractivity contribution in [3.8, 4) is 0 Å². The Bertz CT molecular complexity index is 2720. The molecule has 0 radical (unpaired) electrons. The van der Waals surface area contributed by atoms with Crippen LogP contribution in [0.2, 0.25) is 0 Å². The molecule has 3 aliphatic rings. The number of aryl methyl sites for hydroxylation is 2. The minimum Gasteiger partial charge on any atom is -0.478 e. The van der Waals surface area contributed by atoms with E-state index in [1.54, 1.807) is 18.2 Å². The van der Waals surface area contributed by atoms with Crippen LogP contribution in [-0.2, 0) is 0 Å². The highest BCUT2D eigenvalue weighted by atomic mass is 16.4. The van der Waals surface area contributed by atoms with Gasteiger partial charge in [0, 0.05) is 38.8 Å². The van der Waals surface area contributed by atoms with Gasteiger partial charge in [-0.2, -0.15) is 0 Å². The zero-order chi connectivity index (χ0) is 39.9. The molecule has 0 bridgehead atoms. The summed E-state index contributed by atoms with van der Waals surface area (Å²) in [6.45, 7) is 12.3. The lowest BCUT2D eigenvalue weighted by atomic mass is 9.99. The Morgan fingerprint density at radius 2 is 1.42 bits per heavy atom. The van der Waals surface area contributed by atoms with E-state index >= 15 is 0 Å². The van der Waals surface area contributed by atoms with Gasteiger partial charge >= 0.3 is 5.97 Å². The van der Waals surface area contributed by atoms with Crippen molar-refractivity contribution >= 4 is 34.1 Å². The zero-order valence-electron chi connectivity index (χ0n) is 32.8. The van der Waals surface area contributed by atoms with Crippen LogP contribution in [0.3, 0.4) is 0 Å². The van der Waals surface area contributed by atoms with Gasteiger partial charge < -0.3 is 15.1 Å². The summed E-state index contributed by atoms with van der Waals surface area (Å²) in [6.07, 6.45) is 29.0. The van der Waals surface area contributed by atoms with E-state index in [9.17, 15) is 9.90 Å². The smallest absolute Gasteiger partial charge is 0.335 e. The molecule has 0 saturated carbocycles. The van der Waals surface area contributed by atoms with Crippen LogP contribution in [0.15, 0.2) is 196 Å². The van der Waals surface area contributed by atoms with Gasteiger partial charge in [-0.3, -0.25) is 0 Å². The Hall–Kier alpha value is -7.05. The molecule has 2 aromatic carbocycles. The fraction of sp³-hybridized carbons (Fsp3) is 0.118. The minimum absolute atomic E-state index is 0.233. The minimum atomic E-state index is -0.962. The van der Waals surface area contributed by atoms with Crippen LogP contribution in [0.1, 0.15) is 65.1 Å². The molecule has 4 aromatic rings. The third-order valence-electron chi connectivity index (χ3n) is 9.92. The molecule has 282 valence electrons. The van der Waals surface area contributed by atoms with E-state index in [0.29, 0.717) is 0 Å². The second-order valence-corrected chi connectivity index (χ2v) is 14.2. The van der Waals surface area contributed by atoms with E-state index in [1.807, 2.05) is 43.3 Å². The van der Waals surface area contributed by atoms with Gasteiger partial charge in [0.25, 0.3) is 0 Å². The van der Waals surface area contributed by atoms with Crippen molar-refractivity contribution in [3.05, 3.63) is 231 Å². The molecule has 2 aliphatic heterocycles. The first-order valence-electron chi connectivity index (χ1n) is 19.3. The summed E-state index contributed by atoms with van der Waals surface area (Å²) in [6, 6.07) is 23.8. The van der Waals surface area contributed by atoms with Crippen LogP contribution in [0, 0.1) is 13.8 Å². The van der Waals surface area contributed by atoms with E-state index in [1.165, 1.54) is 11.1 Å². The molecule has 0 saturated heterocycles. The van der Waals surface area contributed by atoms with E-state index in [0.717, 1.165) is 96.7 Å². The Labute approximate surface area is 334 Å². The number of hydrogen-bond donors (Lipinski definition) is 3.